The maximum atomic E-state index is 13.8. The van der Waals surface area contributed by atoms with Gasteiger partial charge in [-0.2, -0.15) is 0 Å². The van der Waals surface area contributed by atoms with Gasteiger partial charge in [-0.3, -0.25) is 19.7 Å². The van der Waals surface area contributed by atoms with Gasteiger partial charge in [0.2, 0.25) is 5.91 Å². The predicted octanol–water partition coefficient (Wildman–Crippen LogP) is 5.00. The molecule has 4 atom stereocenters. The minimum absolute atomic E-state index is 0.105. The van der Waals surface area contributed by atoms with E-state index in [9.17, 15) is 24.8 Å². The van der Waals surface area contributed by atoms with Gasteiger partial charge in [-0.15, -0.1) is 0 Å². The van der Waals surface area contributed by atoms with Crippen molar-refractivity contribution in [3.8, 4) is 5.75 Å². The summed E-state index contributed by atoms with van der Waals surface area (Å²) in [5, 5.41) is 24.3. The summed E-state index contributed by atoms with van der Waals surface area (Å²) in [7, 11) is 1.39. The first-order chi connectivity index (χ1) is 16.9. The zero-order chi connectivity index (χ0) is 24.9. The van der Waals surface area contributed by atoms with Crippen LogP contribution < -0.4 is 10.1 Å². The van der Waals surface area contributed by atoms with Gasteiger partial charge in [-0.1, -0.05) is 72.8 Å². The van der Waals surface area contributed by atoms with Crippen LogP contribution in [0.25, 0.3) is 0 Å². The Morgan fingerprint density at radius 1 is 0.886 bits per heavy atom. The van der Waals surface area contributed by atoms with E-state index in [1.54, 1.807) is 0 Å². The molecule has 0 spiro atoms. The lowest BCUT2D eigenvalue weighted by atomic mass is 9.66. The number of benzene rings is 3. The molecular formula is C27H24N2O6. The number of hydrogen-bond acceptors (Lipinski definition) is 5. The van der Waals surface area contributed by atoms with Crippen molar-refractivity contribution in [1.82, 2.24) is 0 Å². The smallest absolute Gasteiger partial charge is 0.308 e. The summed E-state index contributed by atoms with van der Waals surface area (Å²) in [6, 6.07) is 22.3. The highest BCUT2D eigenvalue weighted by Crippen LogP contribution is 2.45. The lowest BCUT2D eigenvalue weighted by molar-refractivity contribution is -0.384. The number of amides is 1. The van der Waals surface area contributed by atoms with Crippen molar-refractivity contribution in [3.05, 3.63) is 112 Å². The van der Waals surface area contributed by atoms with Crippen LogP contribution in [0.2, 0.25) is 0 Å². The van der Waals surface area contributed by atoms with Crippen molar-refractivity contribution >= 4 is 23.3 Å². The number of carboxylic acid groups (broad SMARTS) is 1. The molecule has 8 heteroatoms. The Hall–Kier alpha value is -4.46. The van der Waals surface area contributed by atoms with Gasteiger partial charge >= 0.3 is 5.97 Å². The molecule has 0 aromatic heterocycles. The molecule has 2 N–H and O–H groups in total. The van der Waals surface area contributed by atoms with Crippen LogP contribution >= 0.6 is 0 Å². The molecule has 0 saturated carbocycles. The van der Waals surface area contributed by atoms with Gasteiger partial charge in [-0.05, 0) is 17.2 Å². The summed E-state index contributed by atoms with van der Waals surface area (Å²) >= 11 is 0. The third-order valence-corrected chi connectivity index (χ3v) is 6.30. The van der Waals surface area contributed by atoms with Crippen LogP contribution in [0, 0.1) is 22.0 Å². The van der Waals surface area contributed by atoms with Gasteiger partial charge < -0.3 is 15.2 Å². The largest absolute Gasteiger partial charge is 0.495 e. The number of anilines is 1. The Morgan fingerprint density at radius 2 is 1.43 bits per heavy atom. The molecule has 35 heavy (non-hydrogen) atoms. The first kappa shape index (κ1) is 23.7. The predicted molar refractivity (Wildman–Crippen MR) is 130 cm³/mol. The summed E-state index contributed by atoms with van der Waals surface area (Å²) in [5.41, 5.74) is 1.47. The van der Waals surface area contributed by atoms with Gasteiger partial charge in [0.25, 0.3) is 5.69 Å². The SMILES string of the molecule is COc1ccc([N+](=O)[O-])cc1NC(=O)[C@H]1[C@H](C(=O)O)[C@H](c2ccccc2)C=C[C@H]1c1ccccc1. The molecule has 3 aromatic carbocycles. The number of nitrogens with zero attached hydrogens (tertiary/aromatic N) is 1. The zero-order valence-electron chi connectivity index (χ0n) is 18.9. The fraction of sp³-hybridized carbons (Fsp3) is 0.185. The third-order valence-electron chi connectivity index (χ3n) is 6.30. The first-order valence-corrected chi connectivity index (χ1v) is 11.0. The number of hydrogen-bond donors (Lipinski definition) is 2. The fourth-order valence-electron chi connectivity index (χ4n) is 4.67. The molecule has 1 aliphatic carbocycles. The van der Waals surface area contributed by atoms with E-state index in [1.807, 2.05) is 72.8 Å². The highest BCUT2D eigenvalue weighted by Gasteiger charge is 2.46. The van der Waals surface area contributed by atoms with Crippen molar-refractivity contribution in [3.63, 3.8) is 0 Å². The van der Waals surface area contributed by atoms with Crippen LogP contribution in [0.15, 0.2) is 91.0 Å². The maximum absolute atomic E-state index is 13.8. The van der Waals surface area contributed by atoms with E-state index in [1.165, 1.54) is 25.3 Å². The van der Waals surface area contributed by atoms with E-state index in [0.29, 0.717) is 0 Å². The quantitative estimate of drug-likeness (QED) is 0.284. The molecular weight excluding hydrogens is 448 g/mol. The molecule has 1 amide bonds. The summed E-state index contributed by atoms with van der Waals surface area (Å²) in [6.07, 6.45) is 3.73. The van der Waals surface area contributed by atoms with Gasteiger partial charge in [0.15, 0.2) is 0 Å². The van der Waals surface area contributed by atoms with Crippen molar-refractivity contribution in [2.45, 2.75) is 11.8 Å². The Morgan fingerprint density at radius 3 is 1.91 bits per heavy atom. The molecule has 0 heterocycles. The highest BCUT2D eigenvalue weighted by molar-refractivity contribution is 5.98. The van der Waals surface area contributed by atoms with E-state index in [2.05, 4.69) is 5.32 Å². The Labute approximate surface area is 202 Å². The van der Waals surface area contributed by atoms with E-state index < -0.39 is 40.5 Å². The molecule has 0 fully saturated rings. The van der Waals surface area contributed by atoms with Crippen LogP contribution in [0.4, 0.5) is 11.4 Å². The molecule has 3 aromatic rings. The molecule has 1 aliphatic rings. The topological polar surface area (TPSA) is 119 Å². The number of nitrogens with one attached hydrogen (secondary N) is 1. The van der Waals surface area contributed by atoms with E-state index in [0.717, 1.165) is 11.1 Å². The number of carbonyl (C=O) groups is 2. The molecule has 0 bridgehead atoms. The average Bonchev–Trinajstić information content (AvgIpc) is 2.88. The standard InChI is InChI=1S/C27H24N2O6/c1-35-23-15-12-19(29(33)34)16-22(23)28-26(30)24-20(17-8-4-2-5-9-17)13-14-21(25(24)27(31)32)18-10-6-3-7-11-18/h2-16,20-21,24-25H,1H3,(H,28,30)(H,31,32)/t20-,21-,24+,25+/m0/s1. The normalized spacial score (nSPS) is 21.2. The van der Waals surface area contributed by atoms with Crippen LogP contribution in [0.1, 0.15) is 23.0 Å². The third kappa shape index (κ3) is 4.91. The molecule has 178 valence electrons. The maximum Gasteiger partial charge on any atom is 0.308 e. The van der Waals surface area contributed by atoms with Crippen LogP contribution in [-0.2, 0) is 9.59 Å². The molecule has 0 aliphatic heterocycles. The summed E-state index contributed by atoms with van der Waals surface area (Å²) in [5.74, 6) is -4.53. The van der Waals surface area contributed by atoms with Crippen molar-refractivity contribution < 1.29 is 24.4 Å². The highest BCUT2D eigenvalue weighted by atomic mass is 16.6. The fourth-order valence-corrected chi connectivity index (χ4v) is 4.67. The number of carboxylic acids is 1. The number of aliphatic carboxylic acids is 1. The monoisotopic (exact) mass is 472 g/mol. The van der Waals surface area contributed by atoms with Gasteiger partial charge in [-0.25, -0.2) is 0 Å². The second kappa shape index (κ2) is 10.2. The number of ether oxygens (including phenoxy) is 1. The molecule has 0 unspecified atom stereocenters. The average molecular weight is 472 g/mol. The summed E-state index contributed by atoms with van der Waals surface area (Å²) in [4.78, 5) is 37.1. The number of carbonyl (C=O) groups excluding carboxylic acids is 1. The zero-order valence-corrected chi connectivity index (χ0v) is 18.9. The van der Waals surface area contributed by atoms with E-state index >= 15 is 0 Å². The lowest BCUT2D eigenvalue weighted by Gasteiger charge is -2.37. The Kier molecular flexibility index (Phi) is 6.91. The molecule has 4 rings (SSSR count). The number of rotatable bonds is 7. The summed E-state index contributed by atoms with van der Waals surface area (Å²) in [6.45, 7) is 0. The number of nitro groups is 1. The molecule has 8 nitrogen and oxygen atoms in total. The van der Waals surface area contributed by atoms with E-state index in [-0.39, 0.29) is 17.1 Å². The van der Waals surface area contributed by atoms with Crippen LogP contribution in [0.3, 0.4) is 0 Å². The minimum Gasteiger partial charge on any atom is -0.495 e. The van der Waals surface area contributed by atoms with Gasteiger partial charge in [0, 0.05) is 24.0 Å². The number of nitro benzene ring substituents is 1. The van der Waals surface area contributed by atoms with E-state index in [4.69, 9.17) is 4.74 Å². The second-order valence-corrected chi connectivity index (χ2v) is 8.28. The number of allylic oxidation sites excluding steroid dienone is 2. The lowest BCUT2D eigenvalue weighted by Crippen LogP contribution is -2.42. The van der Waals surface area contributed by atoms with Gasteiger partial charge in [0.05, 0.1) is 29.6 Å². The van der Waals surface area contributed by atoms with Gasteiger partial charge in [0.1, 0.15) is 5.75 Å². The summed E-state index contributed by atoms with van der Waals surface area (Å²) < 4.78 is 5.28. The van der Waals surface area contributed by atoms with Crippen molar-refractivity contribution in [2.24, 2.45) is 11.8 Å². The van der Waals surface area contributed by atoms with Crippen molar-refractivity contribution in [1.29, 1.82) is 0 Å². The number of methoxy groups -OCH3 is 1. The molecule has 0 radical (unpaired) electrons. The minimum atomic E-state index is -1.10. The first-order valence-electron chi connectivity index (χ1n) is 11.0. The Bertz CT molecular complexity index is 1260. The van der Waals surface area contributed by atoms with Crippen molar-refractivity contribution in [2.75, 3.05) is 12.4 Å². The number of non-ortho nitro benzene ring substituents is 1. The second-order valence-electron chi connectivity index (χ2n) is 8.28. The van der Waals surface area contributed by atoms with Crippen LogP contribution in [0.5, 0.6) is 5.75 Å². The van der Waals surface area contributed by atoms with Crippen LogP contribution in [-0.4, -0.2) is 29.0 Å². The molecule has 0 saturated heterocycles. The Balaban J connectivity index is 1.79.